The zero-order valence-corrected chi connectivity index (χ0v) is 17.0. The topological polar surface area (TPSA) is 9.23 Å². The molecule has 0 aliphatic carbocycles. The van der Waals surface area contributed by atoms with Crippen molar-refractivity contribution < 1.29 is 4.74 Å². The van der Waals surface area contributed by atoms with Gasteiger partial charge in [-0.3, -0.25) is 0 Å². The maximum atomic E-state index is 6.29. The minimum Gasteiger partial charge on any atom is -0.380 e. The van der Waals surface area contributed by atoms with Crippen molar-refractivity contribution in [3.63, 3.8) is 0 Å². The molecule has 0 saturated carbocycles. The Morgan fingerprint density at radius 1 is 0.704 bits per heavy atom. The normalized spacial score (nSPS) is 15.2. The molecule has 2 unspecified atom stereocenters. The van der Waals surface area contributed by atoms with Crippen LogP contribution in [0.5, 0.6) is 0 Å². The fourth-order valence-corrected chi connectivity index (χ4v) is 3.22. The van der Waals surface area contributed by atoms with Crippen molar-refractivity contribution in [2.45, 2.75) is 51.4 Å². The Labute approximate surface area is 165 Å². The van der Waals surface area contributed by atoms with Crippen LogP contribution >= 0.6 is 0 Å². The molecule has 2 aromatic carbocycles. The Balaban J connectivity index is 2.10. The van der Waals surface area contributed by atoms with Crippen molar-refractivity contribution in [3.05, 3.63) is 70.8 Å². The molecule has 0 amide bonds. The summed E-state index contributed by atoms with van der Waals surface area (Å²) in [6.45, 7) is 10.3. The van der Waals surface area contributed by atoms with Gasteiger partial charge in [0.15, 0.2) is 0 Å². The van der Waals surface area contributed by atoms with Gasteiger partial charge in [-0.05, 0) is 48.2 Å². The summed E-state index contributed by atoms with van der Waals surface area (Å²) in [7, 11) is 0. The Kier molecular flexibility index (Phi) is 6.90. The largest absolute Gasteiger partial charge is 0.380 e. The first-order valence-corrected chi connectivity index (χ1v) is 9.63. The third kappa shape index (κ3) is 4.82. The van der Waals surface area contributed by atoms with Gasteiger partial charge in [0.05, 0.1) is 13.2 Å². The van der Waals surface area contributed by atoms with E-state index in [1.54, 1.807) is 0 Å². The molecular formula is C26H30O. The van der Waals surface area contributed by atoms with Crippen molar-refractivity contribution in [1.82, 2.24) is 0 Å². The molecule has 0 aromatic heterocycles. The molecule has 0 saturated heterocycles. The quantitative estimate of drug-likeness (QED) is 0.550. The summed E-state index contributed by atoms with van der Waals surface area (Å²) < 4.78 is 6.29. The highest BCUT2D eigenvalue weighted by Gasteiger charge is 2.29. The lowest BCUT2D eigenvalue weighted by Crippen LogP contribution is -2.33. The number of hydrogen-bond acceptors (Lipinski definition) is 1. The average molecular weight is 359 g/mol. The third-order valence-corrected chi connectivity index (χ3v) is 5.90. The van der Waals surface area contributed by atoms with Gasteiger partial charge in [0.25, 0.3) is 0 Å². The van der Waals surface area contributed by atoms with Crippen LogP contribution in [0.1, 0.15) is 62.8 Å². The SMILES string of the molecule is C#Cc1ccc(C(C)(CC)COCC(C)(CC)c2ccc(C#C)cc2)cc1. The molecule has 0 N–H and O–H groups in total. The molecule has 2 atom stereocenters. The van der Waals surface area contributed by atoms with Gasteiger partial charge in [0, 0.05) is 22.0 Å². The molecule has 2 rings (SSSR count). The lowest BCUT2D eigenvalue weighted by molar-refractivity contribution is 0.0510. The van der Waals surface area contributed by atoms with Crippen molar-refractivity contribution in [2.24, 2.45) is 0 Å². The maximum Gasteiger partial charge on any atom is 0.0560 e. The second-order valence-corrected chi connectivity index (χ2v) is 7.76. The fourth-order valence-electron chi connectivity index (χ4n) is 3.22. The van der Waals surface area contributed by atoms with Gasteiger partial charge < -0.3 is 4.74 Å². The van der Waals surface area contributed by atoms with Crippen LogP contribution in [-0.2, 0) is 15.6 Å². The van der Waals surface area contributed by atoms with E-state index in [9.17, 15) is 0 Å². The van der Waals surface area contributed by atoms with Crippen molar-refractivity contribution >= 4 is 0 Å². The minimum absolute atomic E-state index is 0.0326. The van der Waals surface area contributed by atoms with E-state index in [2.05, 4.69) is 63.8 Å². The summed E-state index contributed by atoms with van der Waals surface area (Å²) in [5.74, 6) is 5.35. The van der Waals surface area contributed by atoms with Gasteiger partial charge in [0.2, 0.25) is 0 Å². The lowest BCUT2D eigenvalue weighted by Gasteiger charge is -2.33. The number of benzene rings is 2. The van der Waals surface area contributed by atoms with Crippen LogP contribution in [0.2, 0.25) is 0 Å². The third-order valence-electron chi connectivity index (χ3n) is 5.90. The summed E-state index contributed by atoms with van der Waals surface area (Å²) in [6.07, 6.45) is 12.9. The molecule has 27 heavy (non-hydrogen) atoms. The molecule has 140 valence electrons. The summed E-state index contributed by atoms with van der Waals surface area (Å²) in [5.41, 5.74) is 4.28. The van der Waals surface area contributed by atoms with E-state index in [1.165, 1.54) is 11.1 Å². The highest BCUT2D eigenvalue weighted by atomic mass is 16.5. The second kappa shape index (κ2) is 8.94. The van der Waals surface area contributed by atoms with Crippen molar-refractivity contribution in [3.8, 4) is 24.7 Å². The molecule has 0 radical (unpaired) electrons. The standard InChI is InChI=1S/C26H30O/c1-7-21-11-15-23(16-12-21)25(5,9-3)19-27-20-26(6,10-4)24-17-13-22(8-2)14-18-24/h1-2,11-18H,9-10,19-20H2,3-6H3. The van der Waals surface area contributed by atoms with Crippen LogP contribution in [0.3, 0.4) is 0 Å². The monoisotopic (exact) mass is 358 g/mol. The van der Waals surface area contributed by atoms with Gasteiger partial charge in [-0.1, -0.05) is 63.8 Å². The molecule has 1 heteroatoms. The highest BCUT2D eigenvalue weighted by Crippen LogP contribution is 2.32. The molecule has 0 bridgehead atoms. The van der Waals surface area contributed by atoms with Crippen molar-refractivity contribution in [2.75, 3.05) is 13.2 Å². The molecular weight excluding hydrogens is 328 g/mol. The molecule has 0 heterocycles. The number of hydrogen-bond donors (Lipinski definition) is 0. The average Bonchev–Trinajstić information content (AvgIpc) is 2.73. The Bertz CT molecular complexity index is 745. The van der Waals surface area contributed by atoms with E-state index in [0.29, 0.717) is 13.2 Å². The fraction of sp³-hybridized carbons (Fsp3) is 0.385. The Hall–Kier alpha value is -2.48. The molecule has 1 nitrogen and oxygen atoms in total. The summed E-state index contributed by atoms with van der Waals surface area (Å²) in [5, 5.41) is 0. The first kappa shape index (κ1) is 20.8. The van der Waals surface area contributed by atoms with E-state index in [1.807, 2.05) is 24.3 Å². The van der Waals surface area contributed by atoms with Crippen LogP contribution in [0.15, 0.2) is 48.5 Å². The second-order valence-electron chi connectivity index (χ2n) is 7.76. The van der Waals surface area contributed by atoms with Crippen LogP contribution < -0.4 is 0 Å². The summed E-state index contributed by atoms with van der Waals surface area (Å²) >= 11 is 0. The predicted octanol–water partition coefficient (Wildman–Crippen LogP) is 5.70. The molecule has 0 aliphatic rings. The number of terminal acetylenes is 2. The zero-order chi connectivity index (χ0) is 19.9. The molecule has 2 aromatic rings. The van der Waals surface area contributed by atoms with Crippen molar-refractivity contribution in [1.29, 1.82) is 0 Å². The van der Waals surface area contributed by atoms with Gasteiger partial charge in [-0.2, -0.15) is 0 Å². The van der Waals surface area contributed by atoms with Gasteiger partial charge in [-0.25, -0.2) is 0 Å². The predicted molar refractivity (Wildman–Crippen MR) is 115 cm³/mol. The van der Waals surface area contributed by atoms with E-state index < -0.39 is 0 Å². The van der Waals surface area contributed by atoms with Crippen LogP contribution in [0.4, 0.5) is 0 Å². The maximum absolute atomic E-state index is 6.29. The van der Waals surface area contributed by atoms with Gasteiger partial charge in [0.1, 0.15) is 0 Å². The highest BCUT2D eigenvalue weighted by molar-refractivity contribution is 5.38. The van der Waals surface area contributed by atoms with E-state index in [0.717, 1.165) is 24.0 Å². The van der Waals surface area contributed by atoms with Gasteiger partial charge in [-0.15, -0.1) is 12.8 Å². The number of rotatable bonds is 8. The van der Waals surface area contributed by atoms with Crippen LogP contribution in [-0.4, -0.2) is 13.2 Å². The van der Waals surface area contributed by atoms with Crippen LogP contribution in [0.25, 0.3) is 0 Å². The Morgan fingerprint density at radius 2 is 1.04 bits per heavy atom. The lowest BCUT2D eigenvalue weighted by atomic mass is 9.79. The summed E-state index contributed by atoms with van der Waals surface area (Å²) in [6, 6.07) is 16.5. The molecule has 0 fully saturated rings. The molecule has 0 spiro atoms. The first-order chi connectivity index (χ1) is 12.9. The van der Waals surface area contributed by atoms with E-state index in [4.69, 9.17) is 17.6 Å². The van der Waals surface area contributed by atoms with Crippen LogP contribution in [0, 0.1) is 24.7 Å². The summed E-state index contributed by atoms with van der Waals surface area (Å²) in [4.78, 5) is 0. The van der Waals surface area contributed by atoms with E-state index in [-0.39, 0.29) is 10.8 Å². The first-order valence-electron chi connectivity index (χ1n) is 9.63. The van der Waals surface area contributed by atoms with E-state index >= 15 is 0 Å². The number of ether oxygens (including phenoxy) is 1. The van der Waals surface area contributed by atoms with Gasteiger partial charge >= 0.3 is 0 Å². The zero-order valence-electron chi connectivity index (χ0n) is 17.0. The smallest absolute Gasteiger partial charge is 0.0560 e. The Morgan fingerprint density at radius 3 is 1.30 bits per heavy atom. The minimum atomic E-state index is -0.0326. The molecule has 0 aliphatic heterocycles.